The molecule has 2 aliphatic rings. The predicted octanol–water partition coefficient (Wildman–Crippen LogP) is 2.49. The average Bonchev–Trinajstić information content (AvgIpc) is 3.32. The Labute approximate surface area is 129 Å². The number of ether oxygens (including phenoxy) is 1. The third-order valence-electron chi connectivity index (χ3n) is 4.26. The minimum Gasteiger partial charge on any atom is -0.480 e. The van der Waals surface area contributed by atoms with Crippen LogP contribution in [0.4, 0.5) is 0 Å². The highest BCUT2D eigenvalue weighted by molar-refractivity contribution is 6.21. The molecule has 3 rings (SSSR count). The largest absolute Gasteiger partial charge is 0.480 e. The summed E-state index contributed by atoms with van der Waals surface area (Å²) >= 11 is 0. The van der Waals surface area contributed by atoms with Crippen molar-refractivity contribution in [1.82, 2.24) is 4.90 Å². The van der Waals surface area contributed by atoms with E-state index in [9.17, 15) is 14.7 Å². The molecule has 0 radical (unpaired) electrons. The fraction of sp³-hybridized carbons (Fsp3) is 0.412. The first-order valence-corrected chi connectivity index (χ1v) is 7.40. The van der Waals surface area contributed by atoms with Gasteiger partial charge in [-0.3, -0.25) is 9.69 Å². The fourth-order valence-electron chi connectivity index (χ4n) is 2.57. The Morgan fingerprint density at radius 3 is 2.45 bits per heavy atom. The molecule has 1 heterocycles. The van der Waals surface area contributed by atoms with Crippen molar-refractivity contribution in [3.8, 4) is 0 Å². The van der Waals surface area contributed by atoms with Crippen LogP contribution in [0.5, 0.6) is 0 Å². The van der Waals surface area contributed by atoms with E-state index in [1.807, 2.05) is 30.3 Å². The maximum Gasteiger partial charge on any atom is 0.329 e. The van der Waals surface area contributed by atoms with Gasteiger partial charge in [0.1, 0.15) is 11.3 Å². The van der Waals surface area contributed by atoms with Crippen molar-refractivity contribution < 1.29 is 19.4 Å². The highest BCUT2D eigenvalue weighted by atomic mass is 16.5. The van der Waals surface area contributed by atoms with Gasteiger partial charge in [0.2, 0.25) is 0 Å². The molecule has 0 unspecified atom stereocenters. The molecule has 0 bridgehead atoms. The van der Waals surface area contributed by atoms with Gasteiger partial charge in [-0.25, -0.2) is 4.79 Å². The van der Waals surface area contributed by atoms with Crippen LogP contribution in [-0.4, -0.2) is 34.2 Å². The molecule has 0 atom stereocenters. The van der Waals surface area contributed by atoms with E-state index >= 15 is 0 Å². The second-order valence-electron chi connectivity index (χ2n) is 6.25. The first-order valence-electron chi connectivity index (χ1n) is 7.40. The van der Waals surface area contributed by atoms with Crippen molar-refractivity contribution in [2.75, 3.05) is 6.73 Å². The van der Waals surface area contributed by atoms with Gasteiger partial charge in [-0.1, -0.05) is 30.3 Å². The number of carbonyl (C=O) groups is 2. The molecule has 1 aromatic carbocycles. The topological polar surface area (TPSA) is 66.8 Å². The standard InChI is InChI=1S/C17H19NO4/c1-17(2,16(20)21)18-10-22-14(12-8-9-12)13(15(18)19)11-6-4-3-5-7-11/h3-7,12H,8-10H2,1-2H3,(H,20,21). The summed E-state index contributed by atoms with van der Waals surface area (Å²) in [7, 11) is 0. The van der Waals surface area contributed by atoms with Gasteiger partial charge in [0.05, 0.1) is 5.57 Å². The van der Waals surface area contributed by atoms with E-state index in [1.165, 1.54) is 18.7 Å². The van der Waals surface area contributed by atoms with Crippen LogP contribution in [0.2, 0.25) is 0 Å². The maximum absolute atomic E-state index is 12.9. The number of benzene rings is 1. The average molecular weight is 301 g/mol. The van der Waals surface area contributed by atoms with Crippen LogP contribution in [-0.2, 0) is 14.3 Å². The Bertz CT molecular complexity index is 644. The summed E-state index contributed by atoms with van der Waals surface area (Å²) in [5.74, 6) is -0.318. The number of rotatable bonds is 4. The van der Waals surface area contributed by atoms with E-state index in [2.05, 4.69) is 0 Å². The molecule has 1 amide bonds. The maximum atomic E-state index is 12.9. The van der Waals surface area contributed by atoms with Crippen molar-refractivity contribution in [2.45, 2.75) is 32.2 Å². The fourth-order valence-corrected chi connectivity index (χ4v) is 2.57. The zero-order chi connectivity index (χ0) is 15.9. The number of hydrogen-bond acceptors (Lipinski definition) is 3. The molecule has 1 saturated carbocycles. The smallest absolute Gasteiger partial charge is 0.329 e. The number of amides is 1. The van der Waals surface area contributed by atoms with Crippen molar-refractivity contribution in [3.05, 3.63) is 41.7 Å². The molecule has 0 spiro atoms. The normalized spacial score (nSPS) is 19.2. The molecule has 116 valence electrons. The van der Waals surface area contributed by atoms with Gasteiger partial charge >= 0.3 is 5.97 Å². The monoisotopic (exact) mass is 301 g/mol. The van der Waals surface area contributed by atoms with E-state index in [-0.39, 0.29) is 18.6 Å². The van der Waals surface area contributed by atoms with Crippen LogP contribution in [0.1, 0.15) is 32.3 Å². The van der Waals surface area contributed by atoms with Crippen molar-refractivity contribution in [2.24, 2.45) is 5.92 Å². The van der Waals surface area contributed by atoms with Gasteiger partial charge in [0, 0.05) is 5.92 Å². The Morgan fingerprint density at radius 1 is 1.27 bits per heavy atom. The quantitative estimate of drug-likeness (QED) is 0.928. The summed E-state index contributed by atoms with van der Waals surface area (Å²) in [6.07, 6.45) is 2.03. The molecule has 0 aromatic heterocycles. The number of aliphatic carboxylic acids is 1. The zero-order valence-corrected chi connectivity index (χ0v) is 12.7. The highest BCUT2D eigenvalue weighted by Gasteiger charge is 2.45. The lowest BCUT2D eigenvalue weighted by Crippen LogP contribution is -2.55. The third kappa shape index (κ3) is 2.36. The molecule has 5 nitrogen and oxygen atoms in total. The van der Waals surface area contributed by atoms with Gasteiger partial charge in [0.15, 0.2) is 6.73 Å². The Morgan fingerprint density at radius 2 is 1.91 bits per heavy atom. The number of carboxylic acid groups (broad SMARTS) is 1. The summed E-state index contributed by atoms with van der Waals surface area (Å²) < 4.78 is 5.81. The van der Waals surface area contributed by atoms with Gasteiger partial charge in [-0.15, -0.1) is 0 Å². The van der Waals surface area contributed by atoms with Crippen LogP contribution in [0.3, 0.4) is 0 Å². The first-order chi connectivity index (χ1) is 10.4. The molecule has 1 fully saturated rings. The van der Waals surface area contributed by atoms with Crippen molar-refractivity contribution in [1.29, 1.82) is 0 Å². The molecule has 1 N–H and O–H groups in total. The second-order valence-corrected chi connectivity index (χ2v) is 6.25. The third-order valence-corrected chi connectivity index (χ3v) is 4.26. The number of hydrogen-bond donors (Lipinski definition) is 1. The van der Waals surface area contributed by atoms with Crippen LogP contribution in [0.25, 0.3) is 5.57 Å². The molecule has 1 aliphatic heterocycles. The number of carbonyl (C=O) groups excluding carboxylic acids is 1. The molecule has 1 aliphatic carbocycles. The first kappa shape index (κ1) is 14.6. The van der Waals surface area contributed by atoms with Crippen LogP contribution in [0.15, 0.2) is 36.1 Å². The van der Waals surface area contributed by atoms with E-state index < -0.39 is 11.5 Å². The Kier molecular flexibility index (Phi) is 3.43. The molecule has 0 saturated heterocycles. The van der Waals surface area contributed by atoms with Crippen molar-refractivity contribution in [3.63, 3.8) is 0 Å². The van der Waals surface area contributed by atoms with Crippen LogP contribution < -0.4 is 0 Å². The summed E-state index contributed by atoms with van der Waals surface area (Å²) in [6.45, 7) is 3.02. The van der Waals surface area contributed by atoms with Gasteiger partial charge < -0.3 is 9.84 Å². The van der Waals surface area contributed by atoms with Gasteiger partial charge in [0.25, 0.3) is 5.91 Å². The van der Waals surface area contributed by atoms with Gasteiger partial charge in [-0.05, 0) is 32.3 Å². The van der Waals surface area contributed by atoms with E-state index in [1.54, 1.807) is 0 Å². The Hall–Kier alpha value is -2.30. The van der Waals surface area contributed by atoms with E-state index in [4.69, 9.17) is 4.74 Å². The summed E-state index contributed by atoms with van der Waals surface area (Å²) in [5, 5.41) is 9.39. The zero-order valence-electron chi connectivity index (χ0n) is 12.7. The molecular weight excluding hydrogens is 282 g/mol. The SMILES string of the molecule is CC(C)(C(=O)O)N1COC(C2CC2)=C(c2ccccc2)C1=O. The second kappa shape index (κ2) is 5.16. The summed E-state index contributed by atoms with van der Waals surface area (Å²) in [6, 6.07) is 9.32. The molecule has 1 aromatic rings. The Balaban J connectivity index is 2.05. The molecule has 22 heavy (non-hydrogen) atoms. The number of nitrogens with zero attached hydrogens (tertiary/aromatic N) is 1. The van der Waals surface area contributed by atoms with Crippen LogP contribution in [0, 0.1) is 5.92 Å². The van der Waals surface area contributed by atoms with Gasteiger partial charge in [-0.2, -0.15) is 0 Å². The van der Waals surface area contributed by atoms with Crippen LogP contribution >= 0.6 is 0 Å². The summed E-state index contributed by atoms with van der Waals surface area (Å²) in [5.41, 5.74) is -0.0319. The number of carboxylic acids is 1. The summed E-state index contributed by atoms with van der Waals surface area (Å²) in [4.78, 5) is 25.7. The van der Waals surface area contributed by atoms with Crippen molar-refractivity contribution >= 4 is 17.4 Å². The molecule has 5 heteroatoms. The van der Waals surface area contributed by atoms with E-state index in [0.29, 0.717) is 11.3 Å². The number of allylic oxidation sites excluding steroid dienone is 1. The minimum atomic E-state index is -1.31. The lowest BCUT2D eigenvalue weighted by molar-refractivity contribution is -0.160. The highest BCUT2D eigenvalue weighted by Crippen LogP contribution is 2.43. The lowest BCUT2D eigenvalue weighted by Gasteiger charge is -2.39. The predicted molar refractivity (Wildman–Crippen MR) is 80.6 cm³/mol. The molecular formula is C17H19NO4. The lowest BCUT2D eigenvalue weighted by atomic mass is 9.96. The minimum absolute atomic E-state index is 0.0136. The van der Waals surface area contributed by atoms with E-state index in [0.717, 1.165) is 18.4 Å².